The quantitative estimate of drug-likeness (QED) is 0.745. The Balaban J connectivity index is 1.56. The molecule has 21 heavy (non-hydrogen) atoms. The molecule has 0 amide bonds. The molecule has 122 valence electrons. The fourth-order valence-corrected chi connectivity index (χ4v) is 3.71. The monoisotopic (exact) mass is 293 g/mol. The molecular weight excluding hydrogens is 258 g/mol. The van der Waals surface area contributed by atoms with E-state index >= 15 is 0 Å². The number of piperazine rings is 1. The van der Waals surface area contributed by atoms with Gasteiger partial charge < -0.3 is 9.80 Å². The Kier molecular flexibility index (Phi) is 6.56. The molecule has 3 nitrogen and oxygen atoms in total. The highest BCUT2D eigenvalue weighted by Crippen LogP contribution is 2.23. The van der Waals surface area contributed by atoms with E-state index in [0.717, 1.165) is 12.0 Å². The fraction of sp³-hybridized carbons (Fsp3) is 0.889. The zero-order valence-corrected chi connectivity index (χ0v) is 14.5. The molecule has 0 spiro atoms. The Morgan fingerprint density at radius 1 is 1.05 bits per heavy atom. The second kappa shape index (κ2) is 8.19. The normalized spacial score (nSPS) is 23.0. The molecule has 2 saturated heterocycles. The Hall–Kier alpha value is -0.540. The van der Waals surface area contributed by atoms with Crippen molar-refractivity contribution in [2.75, 3.05) is 45.8 Å². The number of allylic oxidation sites excluding steroid dienone is 1. The average molecular weight is 293 g/mol. The van der Waals surface area contributed by atoms with Gasteiger partial charge in [-0.1, -0.05) is 6.58 Å². The van der Waals surface area contributed by atoms with Crippen LogP contribution in [-0.2, 0) is 0 Å². The van der Waals surface area contributed by atoms with Crippen LogP contribution in [0, 0.1) is 5.92 Å². The van der Waals surface area contributed by atoms with Gasteiger partial charge in [0.1, 0.15) is 0 Å². The van der Waals surface area contributed by atoms with Crippen molar-refractivity contribution in [1.29, 1.82) is 0 Å². The molecule has 0 aliphatic carbocycles. The third-order valence-electron chi connectivity index (χ3n) is 5.38. The van der Waals surface area contributed by atoms with E-state index in [9.17, 15) is 0 Å². The number of hydrogen-bond donors (Lipinski definition) is 0. The lowest BCUT2D eigenvalue weighted by molar-refractivity contribution is 0.133. The molecule has 0 bridgehead atoms. The summed E-state index contributed by atoms with van der Waals surface area (Å²) in [6.07, 6.45) is 5.66. The summed E-state index contributed by atoms with van der Waals surface area (Å²) in [5, 5.41) is 0. The van der Waals surface area contributed by atoms with Crippen molar-refractivity contribution in [3.8, 4) is 0 Å². The number of nitrogens with zero attached hydrogens (tertiary/aromatic N) is 3. The molecule has 2 fully saturated rings. The van der Waals surface area contributed by atoms with Crippen molar-refractivity contribution in [1.82, 2.24) is 14.7 Å². The zero-order chi connectivity index (χ0) is 15.2. The fourth-order valence-electron chi connectivity index (χ4n) is 3.71. The first-order chi connectivity index (χ1) is 10.1. The Morgan fingerprint density at radius 3 is 2.19 bits per heavy atom. The van der Waals surface area contributed by atoms with E-state index in [1.807, 2.05) is 0 Å². The second-order valence-electron chi connectivity index (χ2n) is 7.28. The lowest BCUT2D eigenvalue weighted by atomic mass is 9.91. The largest absolute Gasteiger partial charge is 0.373 e. The van der Waals surface area contributed by atoms with Gasteiger partial charge in [-0.05, 0) is 72.0 Å². The molecule has 2 rings (SSSR count). The topological polar surface area (TPSA) is 9.72 Å². The first-order valence-corrected chi connectivity index (χ1v) is 8.93. The maximum absolute atomic E-state index is 4.05. The van der Waals surface area contributed by atoms with Crippen LogP contribution in [0.5, 0.6) is 0 Å². The standard InChI is InChI=1S/C18H35N3/c1-16(2)20-10-7-18(8-11-20)6-5-9-19-12-14-21(15-13-19)17(3)4/h16,18H,3,5-15H2,1-2,4H3. The molecule has 0 N–H and O–H groups in total. The summed E-state index contributed by atoms with van der Waals surface area (Å²) in [6, 6.07) is 0.732. The van der Waals surface area contributed by atoms with Gasteiger partial charge in [0, 0.05) is 37.9 Å². The van der Waals surface area contributed by atoms with Gasteiger partial charge in [0.2, 0.25) is 0 Å². The number of hydrogen-bond acceptors (Lipinski definition) is 3. The van der Waals surface area contributed by atoms with Crippen LogP contribution in [0.1, 0.15) is 46.5 Å². The van der Waals surface area contributed by atoms with Gasteiger partial charge in [-0.25, -0.2) is 0 Å². The lowest BCUT2D eigenvalue weighted by Gasteiger charge is -2.37. The molecule has 3 heteroatoms. The Morgan fingerprint density at radius 2 is 1.67 bits per heavy atom. The summed E-state index contributed by atoms with van der Waals surface area (Å²) in [4.78, 5) is 7.69. The van der Waals surface area contributed by atoms with Crippen molar-refractivity contribution in [2.24, 2.45) is 5.92 Å². The molecular formula is C18H35N3. The summed E-state index contributed by atoms with van der Waals surface area (Å²) in [5.41, 5.74) is 1.23. The SMILES string of the molecule is C=C(C)N1CCN(CCCC2CCN(C(C)C)CC2)CC1. The third-order valence-corrected chi connectivity index (χ3v) is 5.38. The Bertz CT molecular complexity index is 310. The maximum Gasteiger partial charge on any atom is 0.0303 e. The second-order valence-corrected chi connectivity index (χ2v) is 7.28. The summed E-state index contributed by atoms with van der Waals surface area (Å²) in [5.74, 6) is 0.983. The van der Waals surface area contributed by atoms with E-state index in [1.54, 1.807) is 0 Å². The van der Waals surface area contributed by atoms with E-state index in [-0.39, 0.29) is 0 Å². The van der Waals surface area contributed by atoms with Crippen LogP contribution in [-0.4, -0.2) is 66.6 Å². The van der Waals surface area contributed by atoms with Crippen LogP contribution in [0.15, 0.2) is 12.3 Å². The van der Waals surface area contributed by atoms with Crippen LogP contribution < -0.4 is 0 Å². The predicted molar refractivity (Wildman–Crippen MR) is 91.5 cm³/mol. The summed E-state index contributed by atoms with van der Waals surface area (Å²) in [7, 11) is 0. The van der Waals surface area contributed by atoms with Gasteiger partial charge in [0.15, 0.2) is 0 Å². The highest BCUT2D eigenvalue weighted by molar-refractivity contribution is 4.91. The lowest BCUT2D eigenvalue weighted by Crippen LogP contribution is -2.45. The molecule has 0 unspecified atom stereocenters. The van der Waals surface area contributed by atoms with Crippen molar-refractivity contribution < 1.29 is 0 Å². The van der Waals surface area contributed by atoms with Crippen molar-refractivity contribution in [3.05, 3.63) is 12.3 Å². The molecule has 0 saturated carbocycles. The first-order valence-electron chi connectivity index (χ1n) is 8.93. The minimum atomic E-state index is 0.732. The molecule has 0 aromatic rings. The number of likely N-dealkylation sites (tertiary alicyclic amines) is 1. The van der Waals surface area contributed by atoms with E-state index in [1.165, 1.54) is 77.2 Å². The highest BCUT2D eigenvalue weighted by Gasteiger charge is 2.21. The van der Waals surface area contributed by atoms with Crippen LogP contribution in [0.3, 0.4) is 0 Å². The zero-order valence-electron chi connectivity index (χ0n) is 14.5. The van der Waals surface area contributed by atoms with Crippen LogP contribution in [0.4, 0.5) is 0 Å². The molecule has 2 heterocycles. The van der Waals surface area contributed by atoms with E-state index < -0.39 is 0 Å². The summed E-state index contributed by atoms with van der Waals surface area (Å²) >= 11 is 0. The molecule has 0 radical (unpaired) electrons. The van der Waals surface area contributed by atoms with E-state index in [4.69, 9.17) is 0 Å². The Labute approximate surface area is 132 Å². The van der Waals surface area contributed by atoms with Crippen LogP contribution in [0.2, 0.25) is 0 Å². The third kappa shape index (κ3) is 5.30. The van der Waals surface area contributed by atoms with Crippen LogP contribution >= 0.6 is 0 Å². The van der Waals surface area contributed by atoms with Crippen molar-refractivity contribution in [3.63, 3.8) is 0 Å². The van der Waals surface area contributed by atoms with Gasteiger partial charge in [-0.2, -0.15) is 0 Å². The number of piperidine rings is 1. The van der Waals surface area contributed by atoms with E-state index in [0.29, 0.717) is 0 Å². The predicted octanol–water partition coefficient (Wildman–Crippen LogP) is 3.04. The van der Waals surface area contributed by atoms with Gasteiger partial charge in [0.25, 0.3) is 0 Å². The molecule has 2 aliphatic rings. The van der Waals surface area contributed by atoms with Gasteiger partial charge in [0.05, 0.1) is 0 Å². The molecule has 2 aliphatic heterocycles. The molecule has 0 aromatic heterocycles. The highest BCUT2D eigenvalue weighted by atomic mass is 15.3. The van der Waals surface area contributed by atoms with Crippen LogP contribution in [0.25, 0.3) is 0 Å². The van der Waals surface area contributed by atoms with Gasteiger partial charge >= 0.3 is 0 Å². The van der Waals surface area contributed by atoms with Crippen molar-refractivity contribution >= 4 is 0 Å². The average Bonchev–Trinajstić information content (AvgIpc) is 2.48. The minimum Gasteiger partial charge on any atom is -0.373 e. The van der Waals surface area contributed by atoms with E-state index in [2.05, 4.69) is 42.0 Å². The summed E-state index contributed by atoms with van der Waals surface area (Å²) < 4.78 is 0. The molecule has 0 atom stereocenters. The first kappa shape index (κ1) is 16.8. The number of rotatable bonds is 6. The van der Waals surface area contributed by atoms with Gasteiger partial charge in [-0.3, -0.25) is 4.90 Å². The van der Waals surface area contributed by atoms with Crippen molar-refractivity contribution in [2.45, 2.75) is 52.5 Å². The minimum absolute atomic E-state index is 0.732. The van der Waals surface area contributed by atoms with Gasteiger partial charge in [-0.15, -0.1) is 0 Å². The maximum atomic E-state index is 4.05. The molecule has 0 aromatic carbocycles. The smallest absolute Gasteiger partial charge is 0.0303 e. The summed E-state index contributed by atoms with van der Waals surface area (Å²) in [6.45, 7) is 19.5.